The van der Waals surface area contributed by atoms with Crippen molar-refractivity contribution in [1.29, 1.82) is 0 Å². The van der Waals surface area contributed by atoms with Crippen LogP contribution in [-0.4, -0.2) is 10.1 Å². The van der Waals surface area contributed by atoms with Crippen molar-refractivity contribution < 1.29 is 5.11 Å². The Bertz CT molecular complexity index is 374. The van der Waals surface area contributed by atoms with E-state index < -0.39 is 5.60 Å². The lowest BCUT2D eigenvalue weighted by Gasteiger charge is -2.40. The van der Waals surface area contributed by atoms with E-state index in [1.165, 1.54) is 0 Å². The third-order valence-corrected chi connectivity index (χ3v) is 3.84. The van der Waals surface area contributed by atoms with E-state index in [2.05, 4.69) is 24.9 Å². The molecule has 0 aliphatic heterocycles. The first-order valence-electron chi connectivity index (χ1n) is 6.06. The lowest BCUT2D eigenvalue weighted by molar-refractivity contribution is -0.0308. The van der Waals surface area contributed by atoms with Crippen LogP contribution in [0.4, 0.5) is 0 Å². The van der Waals surface area contributed by atoms with Gasteiger partial charge in [0.1, 0.15) is 0 Å². The molecule has 0 saturated heterocycles. The van der Waals surface area contributed by atoms with Crippen LogP contribution in [0, 0.1) is 12.3 Å². The zero-order valence-electron chi connectivity index (χ0n) is 10.5. The molecule has 1 aromatic rings. The molecule has 16 heavy (non-hydrogen) atoms. The van der Waals surface area contributed by atoms with E-state index in [9.17, 15) is 5.11 Å². The fourth-order valence-electron chi connectivity index (χ4n) is 2.44. The summed E-state index contributed by atoms with van der Waals surface area (Å²) < 4.78 is 0. The minimum atomic E-state index is -0.644. The normalized spacial score (nSPS) is 23.0. The van der Waals surface area contributed by atoms with Crippen LogP contribution in [0.15, 0.2) is 18.5 Å². The molecule has 0 radical (unpaired) electrons. The van der Waals surface area contributed by atoms with Crippen molar-refractivity contribution in [3.05, 3.63) is 29.6 Å². The Morgan fingerprint density at radius 2 is 1.75 bits per heavy atom. The molecular weight excluding hydrogens is 198 g/mol. The fourth-order valence-corrected chi connectivity index (χ4v) is 2.44. The number of aryl methyl sites for hydroxylation is 1. The minimum Gasteiger partial charge on any atom is -0.385 e. The molecule has 0 bridgehead atoms. The first-order chi connectivity index (χ1) is 7.41. The lowest BCUT2D eigenvalue weighted by Crippen LogP contribution is -2.34. The summed E-state index contributed by atoms with van der Waals surface area (Å²) >= 11 is 0. The second-order valence-electron chi connectivity index (χ2n) is 5.95. The summed E-state index contributed by atoms with van der Waals surface area (Å²) in [5.74, 6) is 0. The van der Waals surface area contributed by atoms with Gasteiger partial charge in [0.25, 0.3) is 0 Å². The monoisotopic (exact) mass is 219 g/mol. The quantitative estimate of drug-likeness (QED) is 0.787. The Labute approximate surface area is 97.7 Å². The molecule has 1 heterocycles. The van der Waals surface area contributed by atoms with Crippen molar-refractivity contribution in [3.8, 4) is 0 Å². The van der Waals surface area contributed by atoms with Crippen LogP contribution in [0.2, 0.25) is 0 Å². The number of aromatic nitrogens is 1. The van der Waals surface area contributed by atoms with Crippen molar-refractivity contribution in [2.24, 2.45) is 5.41 Å². The van der Waals surface area contributed by atoms with Gasteiger partial charge < -0.3 is 5.11 Å². The van der Waals surface area contributed by atoms with Gasteiger partial charge in [-0.15, -0.1) is 0 Å². The fraction of sp³-hybridized carbons (Fsp3) is 0.643. The summed E-state index contributed by atoms with van der Waals surface area (Å²) in [7, 11) is 0. The van der Waals surface area contributed by atoms with Crippen molar-refractivity contribution in [3.63, 3.8) is 0 Å². The van der Waals surface area contributed by atoms with E-state index in [1.54, 1.807) is 0 Å². The summed E-state index contributed by atoms with van der Waals surface area (Å²) in [6, 6.07) is 2.06. The van der Waals surface area contributed by atoms with Gasteiger partial charge in [0.05, 0.1) is 5.60 Å². The number of hydrogen-bond acceptors (Lipinski definition) is 2. The first-order valence-corrected chi connectivity index (χ1v) is 6.06. The van der Waals surface area contributed by atoms with Gasteiger partial charge in [-0.25, -0.2) is 0 Å². The highest BCUT2D eigenvalue weighted by molar-refractivity contribution is 5.23. The average molecular weight is 219 g/mol. The zero-order valence-corrected chi connectivity index (χ0v) is 10.5. The van der Waals surface area contributed by atoms with Crippen LogP contribution in [0.3, 0.4) is 0 Å². The average Bonchev–Trinajstić information content (AvgIpc) is 2.23. The Morgan fingerprint density at radius 3 is 2.31 bits per heavy atom. The third-order valence-electron chi connectivity index (χ3n) is 3.84. The van der Waals surface area contributed by atoms with Crippen LogP contribution in [0.5, 0.6) is 0 Å². The molecule has 1 saturated carbocycles. The molecule has 1 aliphatic carbocycles. The molecule has 0 amide bonds. The summed E-state index contributed by atoms with van der Waals surface area (Å²) in [5.41, 5.74) is 1.84. The predicted octanol–water partition coefficient (Wildman–Crippen LogP) is 3.18. The molecule has 0 spiro atoms. The lowest BCUT2D eigenvalue weighted by atomic mass is 9.69. The minimum absolute atomic E-state index is 0.378. The van der Waals surface area contributed by atoms with E-state index >= 15 is 0 Å². The number of rotatable bonds is 1. The Kier molecular flexibility index (Phi) is 2.79. The predicted molar refractivity (Wildman–Crippen MR) is 65.1 cm³/mol. The SMILES string of the molecule is Cc1cncc(C2(O)CCC(C)(C)CC2)c1. The van der Waals surface area contributed by atoms with Crippen LogP contribution in [-0.2, 0) is 5.60 Å². The van der Waals surface area contributed by atoms with Gasteiger partial charge in [-0.05, 0) is 43.6 Å². The molecule has 88 valence electrons. The molecule has 1 fully saturated rings. The molecule has 1 N–H and O–H groups in total. The first kappa shape index (κ1) is 11.6. The van der Waals surface area contributed by atoms with Crippen LogP contribution < -0.4 is 0 Å². The van der Waals surface area contributed by atoms with E-state index in [1.807, 2.05) is 19.3 Å². The van der Waals surface area contributed by atoms with Crippen LogP contribution >= 0.6 is 0 Å². The van der Waals surface area contributed by atoms with Crippen LogP contribution in [0.1, 0.15) is 50.7 Å². The summed E-state index contributed by atoms with van der Waals surface area (Å²) in [5, 5.41) is 10.7. The summed E-state index contributed by atoms with van der Waals surface area (Å²) in [6.45, 7) is 6.58. The van der Waals surface area contributed by atoms with Gasteiger partial charge in [-0.2, -0.15) is 0 Å². The van der Waals surface area contributed by atoms with Crippen molar-refractivity contribution in [1.82, 2.24) is 4.98 Å². The van der Waals surface area contributed by atoms with Crippen molar-refractivity contribution >= 4 is 0 Å². The molecule has 2 nitrogen and oxygen atoms in total. The Balaban J connectivity index is 2.21. The smallest absolute Gasteiger partial charge is 0.0911 e. The highest BCUT2D eigenvalue weighted by Crippen LogP contribution is 2.44. The van der Waals surface area contributed by atoms with E-state index in [4.69, 9.17) is 0 Å². The highest BCUT2D eigenvalue weighted by atomic mass is 16.3. The maximum atomic E-state index is 10.7. The second kappa shape index (κ2) is 3.85. The molecule has 0 atom stereocenters. The number of nitrogens with zero attached hydrogens (tertiary/aromatic N) is 1. The Morgan fingerprint density at radius 1 is 1.12 bits per heavy atom. The van der Waals surface area contributed by atoms with Gasteiger partial charge in [0.2, 0.25) is 0 Å². The molecule has 2 heteroatoms. The zero-order chi connectivity index (χ0) is 11.8. The number of aliphatic hydroxyl groups is 1. The number of hydrogen-bond donors (Lipinski definition) is 1. The van der Waals surface area contributed by atoms with Gasteiger partial charge in [-0.1, -0.05) is 19.9 Å². The van der Waals surface area contributed by atoms with Crippen LogP contribution in [0.25, 0.3) is 0 Å². The Hall–Kier alpha value is -0.890. The maximum Gasteiger partial charge on any atom is 0.0911 e. The van der Waals surface area contributed by atoms with Crippen molar-refractivity contribution in [2.45, 2.75) is 52.1 Å². The maximum absolute atomic E-state index is 10.7. The van der Waals surface area contributed by atoms with Gasteiger partial charge in [0, 0.05) is 18.0 Å². The molecule has 2 rings (SSSR count). The molecule has 0 aromatic carbocycles. The summed E-state index contributed by atoms with van der Waals surface area (Å²) in [6.07, 6.45) is 7.51. The molecule has 1 aromatic heterocycles. The molecular formula is C14H21NO. The number of pyridine rings is 1. The molecule has 0 unspecified atom stereocenters. The van der Waals surface area contributed by atoms with Crippen molar-refractivity contribution in [2.75, 3.05) is 0 Å². The van der Waals surface area contributed by atoms with E-state index in [-0.39, 0.29) is 0 Å². The highest BCUT2D eigenvalue weighted by Gasteiger charge is 2.38. The topological polar surface area (TPSA) is 33.1 Å². The van der Waals surface area contributed by atoms with E-state index in [0.29, 0.717) is 5.41 Å². The van der Waals surface area contributed by atoms with Gasteiger partial charge in [-0.3, -0.25) is 4.98 Å². The second-order valence-corrected chi connectivity index (χ2v) is 5.95. The van der Waals surface area contributed by atoms with E-state index in [0.717, 1.165) is 36.8 Å². The summed E-state index contributed by atoms with van der Waals surface area (Å²) in [4.78, 5) is 4.18. The molecule has 1 aliphatic rings. The van der Waals surface area contributed by atoms with Gasteiger partial charge >= 0.3 is 0 Å². The largest absolute Gasteiger partial charge is 0.385 e. The van der Waals surface area contributed by atoms with Gasteiger partial charge in [0.15, 0.2) is 0 Å². The third kappa shape index (κ3) is 2.27. The standard InChI is InChI=1S/C14H21NO/c1-11-8-12(10-15-9-11)14(16)6-4-13(2,3)5-7-14/h8-10,16H,4-7H2,1-3H3.